The lowest BCUT2D eigenvalue weighted by atomic mass is 9.97. The van der Waals surface area contributed by atoms with Crippen LogP contribution in [0.1, 0.15) is 38.8 Å². The molecule has 0 saturated heterocycles. The van der Waals surface area contributed by atoms with Gasteiger partial charge in [-0.25, -0.2) is 8.42 Å². The molecule has 1 atom stereocenters. The number of hydrogen-bond donors (Lipinski definition) is 1. The molecule has 0 spiro atoms. The van der Waals surface area contributed by atoms with E-state index in [1.165, 1.54) is 32.4 Å². The van der Waals surface area contributed by atoms with Gasteiger partial charge in [-0.15, -0.1) is 0 Å². The highest BCUT2D eigenvalue weighted by atomic mass is 32.2. The number of anilines is 1. The maximum atomic E-state index is 14.0. The molecule has 0 bridgehead atoms. The summed E-state index contributed by atoms with van der Waals surface area (Å²) in [5, 5.41) is 3.04. The third-order valence-corrected chi connectivity index (χ3v) is 8.00. The first-order chi connectivity index (χ1) is 19.1. The second-order valence-corrected chi connectivity index (χ2v) is 11.3. The molecule has 0 aliphatic rings. The molecule has 0 radical (unpaired) electrons. The summed E-state index contributed by atoms with van der Waals surface area (Å²) in [5.41, 5.74) is 1.22. The molecule has 3 aromatic carbocycles. The Morgan fingerprint density at radius 2 is 1.48 bits per heavy atom. The molecule has 0 aliphatic carbocycles. The Kier molecular flexibility index (Phi) is 10.7. The third-order valence-electron chi connectivity index (χ3n) is 6.23. The summed E-state index contributed by atoms with van der Waals surface area (Å²) in [4.78, 5) is 13.4. The lowest BCUT2D eigenvalue weighted by Crippen LogP contribution is -2.42. The zero-order valence-corrected chi connectivity index (χ0v) is 24.7. The molecule has 0 saturated carbocycles. The van der Waals surface area contributed by atoms with Gasteiger partial charge in [0.05, 0.1) is 44.6 Å². The summed E-state index contributed by atoms with van der Waals surface area (Å²) in [7, 11) is 0.311. The number of methoxy groups -OCH3 is 3. The number of rotatable bonds is 14. The van der Waals surface area contributed by atoms with E-state index >= 15 is 0 Å². The Bertz CT molecular complexity index is 1360. The van der Waals surface area contributed by atoms with E-state index in [4.69, 9.17) is 18.9 Å². The van der Waals surface area contributed by atoms with Crippen LogP contribution in [0.3, 0.4) is 0 Å². The molecule has 0 aliphatic heterocycles. The van der Waals surface area contributed by atoms with Gasteiger partial charge in [0.15, 0.2) is 11.5 Å². The van der Waals surface area contributed by atoms with Crippen LogP contribution in [-0.4, -0.2) is 48.8 Å². The first-order valence-electron chi connectivity index (χ1n) is 13.0. The molecule has 40 heavy (non-hydrogen) atoms. The number of nitrogens with one attached hydrogen (secondary N) is 1. The quantitative estimate of drug-likeness (QED) is 0.284. The zero-order chi connectivity index (χ0) is 29.3. The Labute approximate surface area is 237 Å². The van der Waals surface area contributed by atoms with Crippen LogP contribution >= 0.6 is 0 Å². The van der Waals surface area contributed by atoms with Crippen molar-refractivity contribution in [3.63, 3.8) is 0 Å². The Morgan fingerprint density at radius 1 is 0.850 bits per heavy atom. The van der Waals surface area contributed by atoms with Crippen molar-refractivity contribution in [3.8, 4) is 23.0 Å². The average molecular weight is 571 g/mol. The average Bonchev–Trinajstić information content (AvgIpc) is 2.95. The highest BCUT2D eigenvalue weighted by Gasteiger charge is 2.29. The van der Waals surface area contributed by atoms with Gasteiger partial charge < -0.3 is 24.3 Å². The minimum atomic E-state index is -4.18. The molecular weight excluding hydrogens is 532 g/mol. The van der Waals surface area contributed by atoms with Crippen molar-refractivity contribution in [1.82, 2.24) is 5.32 Å². The van der Waals surface area contributed by atoms with Crippen LogP contribution in [-0.2, 0) is 14.8 Å². The SMILES string of the molecule is CCOc1ccc(N(CC(=O)N[C@@H](CC(C)C)c2ccc(OC)cc2)S(=O)(=O)c2ccc(OC)c(OC)c2)cc1. The van der Waals surface area contributed by atoms with E-state index in [9.17, 15) is 13.2 Å². The van der Waals surface area contributed by atoms with Crippen LogP contribution < -0.4 is 28.6 Å². The number of hydrogen-bond acceptors (Lipinski definition) is 7. The highest BCUT2D eigenvalue weighted by molar-refractivity contribution is 7.92. The predicted octanol–water partition coefficient (Wildman–Crippen LogP) is 5.21. The van der Waals surface area contributed by atoms with Gasteiger partial charge in [-0.05, 0) is 73.4 Å². The standard InChI is InChI=1S/C30H38N2O7S/c1-7-39-25-14-10-23(11-15-25)32(40(34,35)26-16-17-28(37-5)29(19-26)38-6)20-30(33)31-27(18-21(2)3)22-8-12-24(36-4)13-9-22/h8-17,19,21,27H,7,18,20H2,1-6H3,(H,31,33)/t27-/m0/s1. The van der Waals surface area contributed by atoms with Gasteiger partial charge >= 0.3 is 0 Å². The molecule has 3 aromatic rings. The van der Waals surface area contributed by atoms with Gasteiger partial charge in [0.1, 0.15) is 18.0 Å². The van der Waals surface area contributed by atoms with E-state index in [-0.39, 0.29) is 22.6 Å². The fourth-order valence-corrected chi connectivity index (χ4v) is 5.69. The summed E-state index contributed by atoms with van der Waals surface area (Å²) < 4.78 is 50.4. The van der Waals surface area contributed by atoms with Gasteiger partial charge in [0.25, 0.3) is 10.0 Å². The van der Waals surface area contributed by atoms with Crippen molar-refractivity contribution in [2.75, 3.05) is 38.8 Å². The third kappa shape index (κ3) is 7.59. The van der Waals surface area contributed by atoms with Gasteiger partial charge in [-0.3, -0.25) is 9.10 Å². The number of nitrogens with zero attached hydrogens (tertiary/aromatic N) is 1. The lowest BCUT2D eigenvalue weighted by molar-refractivity contribution is -0.120. The zero-order valence-electron chi connectivity index (χ0n) is 23.8. The largest absolute Gasteiger partial charge is 0.497 e. The second kappa shape index (κ2) is 13.9. The maximum Gasteiger partial charge on any atom is 0.264 e. The van der Waals surface area contributed by atoms with Crippen molar-refractivity contribution < 1.29 is 32.2 Å². The summed E-state index contributed by atoms with van der Waals surface area (Å²) in [6.07, 6.45) is 0.670. The Balaban J connectivity index is 1.97. The number of ether oxygens (including phenoxy) is 4. The van der Waals surface area contributed by atoms with Crippen molar-refractivity contribution in [2.45, 2.75) is 38.1 Å². The van der Waals surface area contributed by atoms with E-state index in [1.807, 2.05) is 31.2 Å². The number of carbonyl (C=O) groups is 1. The van der Waals surface area contributed by atoms with Crippen molar-refractivity contribution >= 4 is 21.6 Å². The predicted molar refractivity (Wildman–Crippen MR) is 155 cm³/mol. The fraction of sp³-hybridized carbons (Fsp3) is 0.367. The van der Waals surface area contributed by atoms with Crippen LogP contribution in [0.4, 0.5) is 5.69 Å². The van der Waals surface area contributed by atoms with E-state index in [1.54, 1.807) is 31.4 Å². The molecule has 1 N–H and O–H groups in total. The second-order valence-electron chi connectivity index (χ2n) is 9.48. The summed E-state index contributed by atoms with van der Waals surface area (Å²) in [6, 6.07) is 18.1. The molecule has 3 rings (SSSR count). The molecule has 9 nitrogen and oxygen atoms in total. The molecule has 0 fully saturated rings. The summed E-state index contributed by atoms with van der Waals surface area (Å²) >= 11 is 0. The molecule has 216 valence electrons. The Hall–Kier alpha value is -3.92. The fourth-order valence-electron chi connectivity index (χ4n) is 4.25. The van der Waals surface area contributed by atoms with Gasteiger partial charge in [0.2, 0.25) is 5.91 Å². The lowest BCUT2D eigenvalue weighted by Gasteiger charge is -2.27. The van der Waals surface area contributed by atoms with E-state index in [0.29, 0.717) is 36.0 Å². The van der Waals surface area contributed by atoms with Crippen LogP contribution in [0, 0.1) is 5.92 Å². The molecule has 0 heterocycles. The van der Waals surface area contributed by atoms with Crippen molar-refractivity contribution in [1.29, 1.82) is 0 Å². The van der Waals surface area contributed by atoms with E-state index < -0.39 is 22.5 Å². The smallest absolute Gasteiger partial charge is 0.264 e. The monoisotopic (exact) mass is 570 g/mol. The van der Waals surface area contributed by atoms with Crippen LogP contribution in [0.15, 0.2) is 71.6 Å². The maximum absolute atomic E-state index is 14.0. The highest BCUT2D eigenvalue weighted by Crippen LogP contribution is 2.33. The number of benzene rings is 3. The van der Waals surface area contributed by atoms with Crippen molar-refractivity contribution in [2.24, 2.45) is 5.92 Å². The van der Waals surface area contributed by atoms with Gasteiger partial charge in [-0.2, -0.15) is 0 Å². The topological polar surface area (TPSA) is 103 Å². The van der Waals surface area contributed by atoms with E-state index in [2.05, 4.69) is 19.2 Å². The summed E-state index contributed by atoms with van der Waals surface area (Å²) in [5.74, 6) is 1.79. The van der Waals surface area contributed by atoms with Crippen LogP contribution in [0.25, 0.3) is 0 Å². The van der Waals surface area contributed by atoms with Crippen LogP contribution in [0.2, 0.25) is 0 Å². The Morgan fingerprint density at radius 3 is 2.02 bits per heavy atom. The number of carbonyl (C=O) groups excluding carboxylic acids is 1. The molecule has 0 aromatic heterocycles. The summed E-state index contributed by atoms with van der Waals surface area (Å²) in [6.45, 7) is 6.03. The van der Waals surface area contributed by atoms with E-state index in [0.717, 1.165) is 9.87 Å². The molecule has 10 heteroatoms. The minimum Gasteiger partial charge on any atom is -0.497 e. The molecular formula is C30H38N2O7S. The van der Waals surface area contributed by atoms with Gasteiger partial charge in [0, 0.05) is 6.07 Å². The van der Waals surface area contributed by atoms with Gasteiger partial charge in [-0.1, -0.05) is 26.0 Å². The number of sulfonamides is 1. The molecule has 0 unspecified atom stereocenters. The number of amides is 1. The van der Waals surface area contributed by atoms with Crippen LogP contribution in [0.5, 0.6) is 23.0 Å². The normalized spacial score (nSPS) is 12.0. The van der Waals surface area contributed by atoms with Crippen molar-refractivity contribution in [3.05, 3.63) is 72.3 Å². The minimum absolute atomic E-state index is 0.0410. The first-order valence-corrected chi connectivity index (χ1v) is 14.5. The molecule has 1 amide bonds. The first kappa shape index (κ1) is 30.6.